The van der Waals surface area contributed by atoms with Crippen LogP contribution in [-0.4, -0.2) is 25.5 Å². The van der Waals surface area contributed by atoms with Crippen molar-refractivity contribution in [2.45, 2.75) is 13.0 Å². The molecule has 0 radical (unpaired) electrons. The van der Waals surface area contributed by atoms with Crippen molar-refractivity contribution >= 4 is 27.7 Å². The van der Waals surface area contributed by atoms with Crippen molar-refractivity contribution in [1.29, 1.82) is 0 Å². The van der Waals surface area contributed by atoms with E-state index in [4.69, 9.17) is 15.2 Å². The van der Waals surface area contributed by atoms with Crippen molar-refractivity contribution in [2.24, 2.45) is 5.73 Å². The predicted molar refractivity (Wildman–Crippen MR) is 97.7 cm³/mol. The van der Waals surface area contributed by atoms with Crippen LogP contribution >= 0.6 is 15.9 Å². The van der Waals surface area contributed by atoms with Crippen LogP contribution in [-0.2, 0) is 4.79 Å². The summed E-state index contributed by atoms with van der Waals surface area (Å²) in [5.74, 6) is -0.251. The van der Waals surface area contributed by atoms with Gasteiger partial charge >= 0.3 is 0 Å². The van der Waals surface area contributed by atoms with E-state index >= 15 is 0 Å². The number of nitrogens with one attached hydrogen (secondary N) is 1. The first-order chi connectivity index (χ1) is 11.9. The number of hydrogen-bond acceptors (Lipinski definition) is 4. The van der Waals surface area contributed by atoms with E-state index < -0.39 is 5.91 Å². The van der Waals surface area contributed by atoms with Crippen molar-refractivity contribution in [3.05, 3.63) is 58.1 Å². The van der Waals surface area contributed by atoms with E-state index in [0.717, 1.165) is 10.0 Å². The Morgan fingerprint density at radius 1 is 1.24 bits per heavy atom. The standard InChI is InChI=1S/C18H19BrN2O4/c1-11(13-5-3-4-6-15(13)19)21-17(22)10-25-16-9-12(24-2)7-8-14(16)18(20)23/h3-9,11H,10H2,1-2H3,(H2,20,23)(H,21,22). The molecule has 6 nitrogen and oxygen atoms in total. The lowest BCUT2D eigenvalue weighted by Crippen LogP contribution is -2.31. The van der Waals surface area contributed by atoms with Gasteiger partial charge < -0.3 is 20.5 Å². The maximum atomic E-state index is 12.1. The number of benzene rings is 2. The molecule has 0 saturated heterocycles. The Labute approximate surface area is 154 Å². The fraction of sp³-hybridized carbons (Fsp3) is 0.222. The molecule has 1 unspecified atom stereocenters. The van der Waals surface area contributed by atoms with Crippen molar-refractivity contribution in [3.63, 3.8) is 0 Å². The second kappa shape index (κ2) is 8.53. The van der Waals surface area contributed by atoms with E-state index in [-0.39, 0.29) is 29.9 Å². The Morgan fingerprint density at radius 2 is 1.96 bits per heavy atom. The third-order valence-electron chi connectivity index (χ3n) is 3.56. The Balaban J connectivity index is 2.02. The van der Waals surface area contributed by atoms with Gasteiger partial charge in [-0.1, -0.05) is 34.1 Å². The van der Waals surface area contributed by atoms with E-state index in [1.54, 1.807) is 6.07 Å². The number of carbonyl (C=O) groups is 2. The molecule has 2 amide bonds. The molecule has 25 heavy (non-hydrogen) atoms. The first kappa shape index (κ1) is 18.8. The van der Waals surface area contributed by atoms with E-state index in [1.807, 2.05) is 31.2 Å². The smallest absolute Gasteiger partial charge is 0.258 e. The summed E-state index contributed by atoms with van der Waals surface area (Å²) in [5, 5.41) is 2.84. The normalized spacial score (nSPS) is 11.5. The van der Waals surface area contributed by atoms with Crippen molar-refractivity contribution in [3.8, 4) is 11.5 Å². The molecule has 0 aliphatic heterocycles. The number of ether oxygens (including phenoxy) is 2. The molecule has 0 saturated carbocycles. The third kappa shape index (κ3) is 4.96. The highest BCUT2D eigenvalue weighted by Gasteiger charge is 2.15. The van der Waals surface area contributed by atoms with Crippen LogP contribution in [0.2, 0.25) is 0 Å². The lowest BCUT2D eigenvalue weighted by Gasteiger charge is -2.16. The minimum atomic E-state index is -0.639. The fourth-order valence-electron chi connectivity index (χ4n) is 2.28. The monoisotopic (exact) mass is 406 g/mol. The van der Waals surface area contributed by atoms with Crippen LogP contribution in [0.15, 0.2) is 46.9 Å². The second-order valence-corrected chi connectivity index (χ2v) is 6.18. The van der Waals surface area contributed by atoms with Crippen LogP contribution in [0.1, 0.15) is 28.9 Å². The van der Waals surface area contributed by atoms with Gasteiger partial charge in [0.1, 0.15) is 11.5 Å². The summed E-state index contributed by atoms with van der Waals surface area (Å²) in [7, 11) is 1.50. The van der Waals surface area contributed by atoms with Gasteiger partial charge in [-0.3, -0.25) is 9.59 Å². The topological polar surface area (TPSA) is 90.7 Å². The minimum Gasteiger partial charge on any atom is -0.497 e. The highest BCUT2D eigenvalue weighted by atomic mass is 79.9. The molecular weight excluding hydrogens is 388 g/mol. The number of halogens is 1. The van der Waals surface area contributed by atoms with Crippen molar-refractivity contribution < 1.29 is 19.1 Å². The van der Waals surface area contributed by atoms with Crippen LogP contribution in [0.4, 0.5) is 0 Å². The number of nitrogens with two attached hydrogens (primary N) is 1. The van der Waals surface area contributed by atoms with Crippen LogP contribution in [0, 0.1) is 0 Å². The van der Waals surface area contributed by atoms with Gasteiger partial charge in [-0.15, -0.1) is 0 Å². The van der Waals surface area contributed by atoms with Crippen LogP contribution in [0.3, 0.4) is 0 Å². The molecule has 2 rings (SSSR count). The van der Waals surface area contributed by atoms with E-state index in [1.165, 1.54) is 19.2 Å². The van der Waals surface area contributed by atoms with Crippen LogP contribution in [0.25, 0.3) is 0 Å². The maximum absolute atomic E-state index is 12.1. The largest absolute Gasteiger partial charge is 0.497 e. The van der Waals surface area contributed by atoms with Gasteiger partial charge in [-0.25, -0.2) is 0 Å². The van der Waals surface area contributed by atoms with Crippen LogP contribution in [0.5, 0.6) is 11.5 Å². The average Bonchev–Trinajstić information content (AvgIpc) is 2.59. The van der Waals surface area contributed by atoms with Gasteiger partial charge in [-0.05, 0) is 30.7 Å². The Morgan fingerprint density at radius 3 is 2.60 bits per heavy atom. The summed E-state index contributed by atoms with van der Waals surface area (Å²) in [4.78, 5) is 23.6. The molecule has 7 heteroatoms. The van der Waals surface area contributed by atoms with E-state index in [0.29, 0.717) is 5.75 Å². The average molecular weight is 407 g/mol. The fourth-order valence-corrected chi connectivity index (χ4v) is 2.91. The molecule has 132 valence electrons. The first-order valence-corrected chi connectivity index (χ1v) is 8.36. The molecule has 3 N–H and O–H groups in total. The highest BCUT2D eigenvalue weighted by Crippen LogP contribution is 2.25. The van der Waals surface area contributed by atoms with Gasteiger partial charge in [0.15, 0.2) is 6.61 Å². The third-order valence-corrected chi connectivity index (χ3v) is 4.28. The summed E-state index contributed by atoms with van der Waals surface area (Å²) < 4.78 is 11.5. The lowest BCUT2D eigenvalue weighted by molar-refractivity contribution is -0.123. The number of methoxy groups -OCH3 is 1. The number of hydrogen-bond donors (Lipinski definition) is 2. The van der Waals surface area contributed by atoms with Crippen LogP contribution < -0.4 is 20.5 Å². The van der Waals surface area contributed by atoms with Crippen molar-refractivity contribution in [1.82, 2.24) is 5.32 Å². The van der Waals surface area contributed by atoms with Gasteiger partial charge in [0.25, 0.3) is 11.8 Å². The Bertz CT molecular complexity index is 779. The molecular formula is C18H19BrN2O4. The SMILES string of the molecule is COc1ccc(C(N)=O)c(OCC(=O)NC(C)c2ccccc2Br)c1. The van der Waals surface area contributed by atoms with Gasteiger partial charge in [0, 0.05) is 10.5 Å². The summed E-state index contributed by atoms with van der Waals surface area (Å²) in [6, 6.07) is 12.0. The quantitative estimate of drug-likeness (QED) is 0.739. The molecule has 0 aromatic heterocycles. The van der Waals surface area contributed by atoms with Gasteiger partial charge in [-0.2, -0.15) is 0 Å². The summed E-state index contributed by atoms with van der Waals surface area (Å²) >= 11 is 3.46. The van der Waals surface area contributed by atoms with Crippen molar-refractivity contribution in [2.75, 3.05) is 13.7 Å². The number of rotatable bonds is 7. The number of amides is 2. The minimum absolute atomic E-state index is 0.187. The van der Waals surface area contributed by atoms with Gasteiger partial charge in [0.2, 0.25) is 0 Å². The van der Waals surface area contributed by atoms with E-state index in [2.05, 4.69) is 21.2 Å². The molecule has 0 spiro atoms. The summed E-state index contributed by atoms with van der Waals surface area (Å²) in [6.07, 6.45) is 0. The Hall–Kier alpha value is -2.54. The predicted octanol–water partition coefficient (Wildman–Crippen LogP) is 2.81. The summed E-state index contributed by atoms with van der Waals surface area (Å²) in [6.45, 7) is 1.63. The lowest BCUT2D eigenvalue weighted by atomic mass is 10.1. The first-order valence-electron chi connectivity index (χ1n) is 7.56. The molecule has 1 atom stereocenters. The highest BCUT2D eigenvalue weighted by molar-refractivity contribution is 9.10. The zero-order chi connectivity index (χ0) is 18.4. The second-order valence-electron chi connectivity index (χ2n) is 5.33. The molecule has 0 fully saturated rings. The Kier molecular flexibility index (Phi) is 6.41. The molecule has 0 aliphatic carbocycles. The number of carbonyl (C=O) groups excluding carboxylic acids is 2. The summed E-state index contributed by atoms with van der Waals surface area (Å²) in [5.41, 5.74) is 6.46. The molecule has 2 aromatic rings. The molecule has 0 aliphatic rings. The molecule has 2 aromatic carbocycles. The zero-order valence-electron chi connectivity index (χ0n) is 13.9. The van der Waals surface area contributed by atoms with Gasteiger partial charge in [0.05, 0.1) is 18.7 Å². The molecule has 0 heterocycles. The van der Waals surface area contributed by atoms with E-state index in [9.17, 15) is 9.59 Å². The molecule has 0 bridgehead atoms. The maximum Gasteiger partial charge on any atom is 0.258 e. The number of primary amides is 1. The zero-order valence-corrected chi connectivity index (χ0v) is 15.5.